The van der Waals surface area contributed by atoms with Gasteiger partial charge in [0.1, 0.15) is 5.56 Å². The van der Waals surface area contributed by atoms with Gasteiger partial charge in [0.05, 0.1) is 11.3 Å². The molecule has 0 bridgehead atoms. The van der Waals surface area contributed by atoms with Gasteiger partial charge >= 0.3 is 12.5 Å². The molecule has 0 amide bonds. The topological polar surface area (TPSA) is 65.2 Å². The highest BCUT2D eigenvalue weighted by molar-refractivity contribution is 5.82. The minimum absolute atomic E-state index is 0.135. The normalized spacial score (nSPS) is 12.4. The number of hydrogen-bond acceptors (Lipinski definition) is 4. The molecule has 0 saturated carbocycles. The lowest BCUT2D eigenvalue weighted by Gasteiger charge is -2.17. The highest BCUT2D eigenvalue weighted by Gasteiger charge is 2.41. The number of nitrogens with zero attached hydrogens (tertiary/aromatic N) is 1. The van der Waals surface area contributed by atoms with Crippen molar-refractivity contribution in [2.45, 2.75) is 19.1 Å². The first kappa shape index (κ1) is 15.2. The monoisotopic (exact) mass is 288 g/mol. The van der Waals surface area contributed by atoms with Crippen LogP contribution in [0.3, 0.4) is 0 Å². The first-order valence-corrected chi connectivity index (χ1v) is 4.60. The molecule has 1 aromatic rings. The maximum absolute atomic E-state index is 12.5. The minimum atomic E-state index is -5.38. The van der Waals surface area contributed by atoms with E-state index < -0.39 is 41.7 Å². The number of carbonyl (C=O) groups excluding carboxylic acids is 1. The van der Waals surface area contributed by atoms with Crippen molar-refractivity contribution in [2.24, 2.45) is 5.73 Å². The summed E-state index contributed by atoms with van der Waals surface area (Å²) in [5.41, 5.74) is 1.87. The average Bonchev–Trinajstić information content (AvgIpc) is 2.24. The van der Waals surface area contributed by atoms with E-state index in [1.54, 1.807) is 0 Å². The number of nitrogens with two attached hydrogens (primary N) is 1. The number of alkyl halides is 6. The second-order valence-electron chi connectivity index (χ2n) is 3.23. The molecule has 0 aliphatic carbocycles. The molecule has 10 heteroatoms. The van der Waals surface area contributed by atoms with Crippen LogP contribution in [0.2, 0.25) is 0 Å². The second-order valence-corrected chi connectivity index (χ2v) is 3.23. The fourth-order valence-corrected chi connectivity index (χ4v) is 1.26. The van der Waals surface area contributed by atoms with E-state index in [1.165, 1.54) is 0 Å². The van der Waals surface area contributed by atoms with Gasteiger partial charge in [0, 0.05) is 12.7 Å². The molecule has 0 aliphatic heterocycles. The zero-order chi connectivity index (χ0) is 14.8. The lowest BCUT2D eigenvalue weighted by atomic mass is 10.1. The summed E-state index contributed by atoms with van der Waals surface area (Å²) in [5.74, 6) is -1.65. The van der Waals surface area contributed by atoms with Gasteiger partial charge in [-0.2, -0.15) is 13.2 Å². The van der Waals surface area contributed by atoms with Crippen LogP contribution in [-0.2, 0) is 12.7 Å². The largest absolute Gasteiger partial charge is 0.573 e. The molecule has 1 aromatic heterocycles. The van der Waals surface area contributed by atoms with E-state index in [0.717, 1.165) is 0 Å². The highest BCUT2D eigenvalue weighted by Crippen LogP contribution is 2.40. The van der Waals surface area contributed by atoms with Gasteiger partial charge in [-0.25, -0.2) is 0 Å². The lowest BCUT2D eigenvalue weighted by Crippen LogP contribution is -2.23. The van der Waals surface area contributed by atoms with Gasteiger partial charge in [-0.15, -0.1) is 13.2 Å². The number of pyridine rings is 1. The summed E-state index contributed by atoms with van der Waals surface area (Å²) in [7, 11) is 0. The van der Waals surface area contributed by atoms with Crippen LogP contribution >= 0.6 is 0 Å². The number of aldehydes is 1. The van der Waals surface area contributed by atoms with Crippen molar-refractivity contribution in [1.82, 2.24) is 4.98 Å². The molecule has 0 aliphatic rings. The molecule has 1 heterocycles. The molecule has 0 unspecified atom stereocenters. The third-order valence-corrected chi connectivity index (χ3v) is 1.98. The van der Waals surface area contributed by atoms with Gasteiger partial charge in [0.25, 0.3) is 0 Å². The molecule has 4 nitrogen and oxygen atoms in total. The Labute approximate surface area is 102 Å². The van der Waals surface area contributed by atoms with Gasteiger partial charge in [0.15, 0.2) is 12.0 Å². The maximum atomic E-state index is 12.5. The molecule has 19 heavy (non-hydrogen) atoms. The van der Waals surface area contributed by atoms with Gasteiger partial charge in [0.2, 0.25) is 0 Å². The van der Waals surface area contributed by atoms with Gasteiger partial charge in [-0.05, 0) is 0 Å². The van der Waals surface area contributed by atoms with Crippen molar-refractivity contribution >= 4 is 6.29 Å². The summed E-state index contributed by atoms with van der Waals surface area (Å²) in [6.45, 7) is -0.513. The lowest BCUT2D eigenvalue weighted by molar-refractivity contribution is -0.276. The zero-order valence-corrected chi connectivity index (χ0v) is 8.97. The van der Waals surface area contributed by atoms with E-state index in [9.17, 15) is 31.1 Å². The Bertz CT molecular complexity index is 483. The summed E-state index contributed by atoms with van der Waals surface area (Å²) in [4.78, 5) is 13.9. The van der Waals surface area contributed by atoms with Gasteiger partial charge < -0.3 is 10.5 Å². The molecule has 1 rings (SSSR count). The summed E-state index contributed by atoms with van der Waals surface area (Å²) >= 11 is 0. The number of ether oxygens (including phenoxy) is 1. The van der Waals surface area contributed by atoms with E-state index in [2.05, 4.69) is 9.72 Å². The van der Waals surface area contributed by atoms with Crippen LogP contribution in [-0.4, -0.2) is 17.6 Å². The maximum Gasteiger partial charge on any atom is 0.573 e. The number of carbonyl (C=O) groups is 1. The number of hydrogen-bond donors (Lipinski definition) is 1. The Balaban J connectivity index is 3.54. The third-order valence-electron chi connectivity index (χ3n) is 1.98. The fourth-order valence-electron chi connectivity index (χ4n) is 1.26. The highest BCUT2D eigenvalue weighted by atomic mass is 19.4. The summed E-state index contributed by atoms with van der Waals surface area (Å²) in [6.07, 6.45) is -10.6. The predicted octanol–water partition coefficient (Wildman–Crippen LogP) is 2.27. The zero-order valence-electron chi connectivity index (χ0n) is 8.97. The summed E-state index contributed by atoms with van der Waals surface area (Å²) < 4.78 is 77.2. The molecule has 0 aromatic carbocycles. The number of rotatable bonds is 3. The van der Waals surface area contributed by atoms with Crippen LogP contribution in [0.1, 0.15) is 21.6 Å². The summed E-state index contributed by atoms with van der Waals surface area (Å²) in [6, 6.07) is 0. The molecule has 0 saturated heterocycles. The van der Waals surface area contributed by atoms with Crippen molar-refractivity contribution in [3.63, 3.8) is 0 Å². The van der Waals surface area contributed by atoms with Crippen LogP contribution in [0.5, 0.6) is 5.75 Å². The number of halogens is 6. The molecule has 0 atom stereocenters. The Morgan fingerprint density at radius 3 is 2.21 bits per heavy atom. The SMILES string of the molecule is NCc1ncc(C(F)(F)F)c(OC(F)(F)F)c1C=O. The van der Waals surface area contributed by atoms with Gasteiger partial charge in [-0.3, -0.25) is 9.78 Å². The van der Waals surface area contributed by atoms with Crippen LogP contribution in [0.4, 0.5) is 26.3 Å². The molecule has 0 radical (unpaired) electrons. The van der Waals surface area contributed by atoms with Crippen molar-refractivity contribution in [3.8, 4) is 5.75 Å². The standard InChI is InChI=1S/C9H6F6N2O2/c10-8(11,12)5-2-17-6(1-16)4(3-18)7(5)19-9(13,14)15/h2-3H,1,16H2. The van der Waals surface area contributed by atoms with E-state index in [4.69, 9.17) is 5.73 Å². The molecule has 2 N–H and O–H groups in total. The minimum Gasteiger partial charge on any atom is -0.404 e. The Hall–Kier alpha value is -1.84. The molecular formula is C9H6F6N2O2. The van der Waals surface area contributed by atoms with Crippen LogP contribution in [0, 0.1) is 0 Å². The molecule has 106 valence electrons. The van der Waals surface area contributed by atoms with E-state index in [1.807, 2.05) is 0 Å². The van der Waals surface area contributed by atoms with Gasteiger partial charge in [-0.1, -0.05) is 0 Å². The Morgan fingerprint density at radius 2 is 1.84 bits per heavy atom. The summed E-state index contributed by atoms with van der Waals surface area (Å²) in [5, 5.41) is 0. The van der Waals surface area contributed by atoms with Crippen molar-refractivity contribution in [1.29, 1.82) is 0 Å². The number of aromatic nitrogens is 1. The van der Waals surface area contributed by atoms with E-state index >= 15 is 0 Å². The van der Waals surface area contributed by atoms with Crippen LogP contribution in [0.25, 0.3) is 0 Å². The van der Waals surface area contributed by atoms with Crippen LogP contribution in [0.15, 0.2) is 6.20 Å². The third kappa shape index (κ3) is 3.56. The Kier molecular flexibility index (Phi) is 4.03. The first-order valence-electron chi connectivity index (χ1n) is 4.60. The quantitative estimate of drug-likeness (QED) is 0.684. The average molecular weight is 288 g/mol. The molecule has 0 fully saturated rings. The van der Waals surface area contributed by atoms with E-state index in [0.29, 0.717) is 0 Å². The second kappa shape index (κ2) is 5.03. The van der Waals surface area contributed by atoms with Crippen molar-refractivity contribution < 1.29 is 35.9 Å². The van der Waals surface area contributed by atoms with E-state index in [-0.39, 0.29) is 12.5 Å². The fraction of sp³-hybridized carbons (Fsp3) is 0.333. The molecular weight excluding hydrogens is 282 g/mol. The van der Waals surface area contributed by atoms with Crippen molar-refractivity contribution in [3.05, 3.63) is 23.0 Å². The smallest absolute Gasteiger partial charge is 0.404 e. The predicted molar refractivity (Wildman–Crippen MR) is 49.2 cm³/mol. The molecule has 0 spiro atoms. The van der Waals surface area contributed by atoms with Crippen molar-refractivity contribution in [2.75, 3.05) is 0 Å². The first-order chi connectivity index (χ1) is 8.60. The Morgan fingerprint density at radius 1 is 1.26 bits per heavy atom. The van der Waals surface area contributed by atoms with Crippen LogP contribution < -0.4 is 10.5 Å².